The van der Waals surface area contributed by atoms with Crippen LogP contribution in [0.5, 0.6) is 0 Å². The molecule has 0 spiro atoms. The van der Waals surface area contributed by atoms with Gasteiger partial charge in [0.05, 0.1) is 0 Å². The van der Waals surface area contributed by atoms with Crippen LogP contribution in [0.2, 0.25) is 0 Å². The summed E-state index contributed by atoms with van der Waals surface area (Å²) in [5.41, 5.74) is 0. The minimum absolute atomic E-state index is 0.483. The Morgan fingerprint density at radius 1 is 1.30 bits per heavy atom. The standard InChI is InChI=1S/C15H27N5/c1-5-13-17-14(16-6-2)10-15(18-13)20-9-7-8-19(4)11-12(20)3/h10,12H,5-9,11H2,1-4H3,(H,16,17,18). The van der Waals surface area contributed by atoms with Crippen LogP contribution in [0, 0.1) is 0 Å². The molecule has 0 amide bonds. The molecule has 0 saturated carbocycles. The number of likely N-dealkylation sites (N-methyl/N-ethyl adjacent to an activating group) is 1. The minimum Gasteiger partial charge on any atom is -0.370 e. The van der Waals surface area contributed by atoms with Crippen molar-refractivity contribution in [3.8, 4) is 0 Å². The highest BCUT2D eigenvalue weighted by molar-refractivity contribution is 5.50. The summed E-state index contributed by atoms with van der Waals surface area (Å²) in [6, 6.07) is 2.57. The molecule has 1 unspecified atom stereocenters. The summed E-state index contributed by atoms with van der Waals surface area (Å²) in [6.45, 7) is 10.7. The van der Waals surface area contributed by atoms with Crippen molar-refractivity contribution in [3.05, 3.63) is 11.9 Å². The molecule has 1 aromatic heterocycles. The van der Waals surface area contributed by atoms with Crippen molar-refractivity contribution < 1.29 is 0 Å². The van der Waals surface area contributed by atoms with Gasteiger partial charge in [0.25, 0.3) is 0 Å². The molecule has 1 atom stereocenters. The maximum Gasteiger partial charge on any atom is 0.134 e. The lowest BCUT2D eigenvalue weighted by Gasteiger charge is -2.29. The number of nitrogens with zero attached hydrogens (tertiary/aromatic N) is 4. The van der Waals surface area contributed by atoms with E-state index in [1.54, 1.807) is 0 Å². The van der Waals surface area contributed by atoms with Gasteiger partial charge in [-0.3, -0.25) is 0 Å². The summed E-state index contributed by atoms with van der Waals surface area (Å²) >= 11 is 0. The highest BCUT2D eigenvalue weighted by Gasteiger charge is 2.21. The number of nitrogens with one attached hydrogen (secondary N) is 1. The zero-order chi connectivity index (χ0) is 14.5. The van der Waals surface area contributed by atoms with Crippen molar-refractivity contribution >= 4 is 11.6 Å². The van der Waals surface area contributed by atoms with Gasteiger partial charge in [-0.15, -0.1) is 0 Å². The van der Waals surface area contributed by atoms with Crippen LogP contribution >= 0.6 is 0 Å². The van der Waals surface area contributed by atoms with Gasteiger partial charge in [0.15, 0.2) is 0 Å². The van der Waals surface area contributed by atoms with Crippen molar-refractivity contribution in [2.75, 3.05) is 43.4 Å². The Morgan fingerprint density at radius 3 is 2.80 bits per heavy atom. The molecule has 2 heterocycles. The largest absolute Gasteiger partial charge is 0.370 e. The van der Waals surface area contributed by atoms with Crippen LogP contribution in [0.1, 0.15) is 33.0 Å². The summed E-state index contributed by atoms with van der Waals surface area (Å²) in [7, 11) is 2.20. The molecule has 1 saturated heterocycles. The Kier molecular flexibility index (Phi) is 5.17. The second kappa shape index (κ2) is 6.88. The lowest BCUT2D eigenvalue weighted by Crippen LogP contribution is -2.38. The van der Waals surface area contributed by atoms with E-state index in [1.807, 2.05) is 0 Å². The van der Waals surface area contributed by atoms with E-state index in [0.29, 0.717) is 6.04 Å². The average Bonchev–Trinajstić information content (AvgIpc) is 2.59. The molecular weight excluding hydrogens is 250 g/mol. The molecule has 1 aliphatic heterocycles. The number of anilines is 2. The monoisotopic (exact) mass is 277 g/mol. The Labute approximate surface area is 122 Å². The molecule has 0 radical (unpaired) electrons. The number of rotatable bonds is 4. The van der Waals surface area contributed by atoms with Crippen LogP contribution in [-0.2, 0) is 6.42 Å². The fraction of sp³-hybridized carbons (Fsp3) is 0.733. The van der Waals surface area contributed by atoms with Crippen molar-refractivity contribution in [2.24, 2.45) is 0 Å². The normalized spacial score (nSPS) is 20.8. The Hall–Kier alpha value is -1.36. The Balaban J connectivity index is 2.27. The van der Waals surface area contributed by atoms with E-state index in [9.17, 15) is 0 Å². The Morgan fingerprint density at radius 2 is 2.10 bits per heavy atom. The lowest BCUT2D eigenvalue weighted by atomic mass is 10.2. The van der Waals surface area contributed by atoms with E-state index >= 15 is 0 Å². The van der Waals surface area contributed by atoms with Crippen molar-refractivity contribution in [3.63, 3.8) is 0 Å². The highest BCUT2D eigenvalue weighted by atomic mass is 15.3. The summed E-state index contributed by atoms with van der Waals surface area (Å²) in [4.78, 5) is 14.1. The van der Waals surface area contributed by atoms with E-state index < -0.39 is 0 Å². The van der Waals surface area contributed by atoms with Crippen molar-refractivity contribution in [1.82, 2.24) is 14.9 Å². The third-order valence-electron chi connectivity index (χ3n) is 3.77. The predicted octanol–water partition coefficient (Wildman–Crippen LogP) is 2.00. The van der Waals surface area contributed by atoms with Crippen LogP contribution in [0.3, 0.4) is 0 Å². The van der Waals surface area contributed by atoms with E-state index in [4.69, 9.17) is 4.98 Å². The van der Waals surface area contributed by atoms with Crippen molar-refractivity contribution in [2.45, 2.75) is 39.7 Å². The van der Waals surface area contributed by atoms with E-state index in [2.05, 4.69) is 54.0 Å². The molecule has 0 aromatic carbocycles. The smallest absolute Gasteiger partial charge is 0.134 e. The van der Waals surface area contributed by atoms with Crippen LogP contribution in [0.15, 0.2) is 6.07 Å². The molecular formula is C15H27N5. The highest BCUT2D eigenvalue weighted by Crippen LogP contribution is 2.21. The number of aromatic nitrogens is 2. The van der Waals surface area contributed by atoms with Crippen LogP contribution in [-0.4, -0.2) is 54.1 Å². The first-order valence-corrected chi connectivity index (χ1v) is 7.71. The first-order chi connectivity index (χ1) is 9.63. The first kappa shape index (κ1) is 15.0. The van der Waals surface area contributed by atoms with Gasteiger partial charge in [0.1, 0.15) is 17.5 Å². The fourth-order valence-corrected chi connectivity index (χ4v) is 2.77. The van der Waals surface area contributed by atoms with Crippen molar-refractivity contribution in [1.29, 1.82) is 0 Å². The average molecular weight is 277 g/mol. The van der Waals surface area contributed by atoms with E-state index in [1.165, 1.54) is 6.42 Å². The molecule has 0 bridgehead atoms. The molecule has 1 fully saturated rings. The quantitative estimate of drug-likeness (QED) is 0.912. The first-order valence-electron chi connectivity index (χ1n) is 7.71. The number of hydrogen-bond acceptors (Lipinski definition) is 5. The Bertz CT molecular complexity index is 434. The lowest BCUT2D eigenvalue weighted by molar-refractivity contribution is 0.337. The van der Waals surface area contributed by atoms with Gasteiger partial charge in [-0.2, -0.15) is 0 Å². The van der Waals surface area contributed by atoms with Crippen LogP contribution in [0.25, 0.3) is 0 Å². The number of hydrogen-bond donors (Lipinski definition) is 1. The molecule has 20 heavy (non-hydrogen) atoms. The zero-order valence-corrected chi connectivity index (χ0v) is 13.2. The minimum atomic E-state index is 0.483. The van der Waals surface area contributed by atoms with E-state index in [0.717, 1.165) is 50.1 Å². The summed E-state index contributed by atoms with van der Waals surface area (Å²) in [5, 5.41) is 3.31. The molecule has 5 nitrogen and oxygen atoms in total. The maximum absolute atomic E-state index is 4.73. The van der Waals surface area contributed by atoms with Crippen LogP contribution < -0.4 is 10.2 Å². The molecule has 2 rings (SSSR count). The second-order valence-electron chi connectivity index (χ2n) is 5.57. The maximum atomic E-state index is 4.73. The second-order valence-corrected chi connectivity index (χ2v) is 5.57. The predicted molar refractivity (Wildman–Crippen MR) is 84.5 cm³/mol. The molecule has 112 valence electrons. The third kappa shape index (κ3) is 3.60. The SMILES string of the molecule is CCNc1cc(N2CCCN(C)CC2C)nc(CC)n1. The van der Waals surface area contributed by atoms with Gasteiger partial charge >= 0.3 is 0 Å². The van der Waals surface area contributed by atoms with Gasteiger partial charge in [-0.05, 0) is 33.9 Å². The topological polar surface area (TPSA) is 44.3 Å². The van der Waals surface area contributed by atoms with E-state index in [-0.39, 0.29) is 0 Å². The molecule has 1 aliphatic rings. The molecule has 1 N–H and O–H groups in total. The fourth-order valence-electron chi connectivity index (χ4n) is 2.77. The summed E-state index contributed by atoms with van der Waals surface area (Å²) in [5.74, 6) is 2.93. The molecule has 0 aliphatic carbocycles. The summed E-state index contributed by atoms with van der Waals surface area (Å²) in [6.07, 6.45) is 2.05. The third-order valence-corrected chi connectivity index (χ3v) is 3.77. The van der Waals surface area contributed by atoms with Gasteiger partial charge in [0, 0.05) is 38.2 Å². The molecule has 5 heteroatoms. The summed E-state index contributed by atoms with van der Waals surface area (Å²) < 4.78 is 0. The van der Waals surface area contributed by atoms with Gasteiger partial charge in [-0.25, -0.2) is 9.97 Å². The van der Waals surface area contributed by atoms with Gasteiger partial charge in [-0.1, -0.05) is 6.92 Å². The molecule has 1 aromatic rings. The zero-order valence-electron chi connectivity index (χ0n) is 13.2. The van der Waals surface area contributed by atoms with Gasteiger partial charge in [0.2, 0.25) is 0 Å². The van der Waals surface area contributed by atoms with Gasteiger partial charge < -0.3 is 15.1 Å². The number of aryl methyl sites for hydroxylation is 1. The van der Waals surface area contributed by atoms with Crippen LogP contribution in [0.4, 0.5) is 11.6 Å².